The van der Waals surface area contributed by atoms with E-state index in [0.717, 1.165) is 23.1 Å². The number of rotatable bonds is 5. The Kier molecular flexibility index (Phi) is 5.12. The van der Waals surface area contributed by atoms with Gasteiger partial charge in [0.15, 0.2) is 0 Å². The van der Waals surface area contributed by atoms with Gasteiger partial charge in [0.2, 0.25) is 0 Å². The van der Waals surface area contributed by atoms with E-state index in [-0.39, 0.29) is 11.4 Å². The maximum Gasteiger partial charge on any atom is 0.252 e. The lowest BCUT2D eigenvalue weighted by atomic mass is 9.90. The molecule has 0 aliphatic carbocycles. The van der Waals surface area contributed by atoms with E-state index in [1.165, 1.54) is 0 Å². The van der Waals surface area contributed by atoms with Crippen LogP contribution in [0.5, 0.6) is 0 Å². The summed E-state index contributed by atoms with van der Waals surface area (Å²) in [6, 6.07) is 5.89. The Morgan fingerprint density at radius 1 is 1.32 bits per heavy atom. The number of amides is 1. The second-order valence-corrected chi connectivity index (χ2v) is 6.08. The van der Waals surface area contributed by atoms with Crippen molar-refractivity contribution >= 4 is 5.91 Å². The molecule has 1 rings (SSSR count). The molecule has 1 unspecified atom stereocenters. The van der Waals surface area contributed by atoms with Gasteiger partial charge in [0.05, 0.1) is 0 Å². The number of carbonyl (C=O) groups is 1. The molecule has 1 atom stereocenters. The molecule has 3 nitrogen and oxygen atoms in total. The normalized spacial score (nSPS) is 14.3. The predicted octanol–water partition coefficient (Wildman–Crippen LogP) is 2.80. The standard InChI is InChI=1S/C16H26N2O/c1-11(2)9-16(5,10-17)18-15(19)14-12(3)7-6-8-13(14)4/h6-8,11H,9-10,17H2,1-5H3,(H,18,19). The van der Waals surface area contributed by atoms with Crippen LogP contribution in [0.1, 0.15) is 48.7 Å². The van der Waals surface area contributed by atoms with Crippen LogP contribution in [-0.2, 0) is 0 Å². The molecule has 0 heterocycles. The van der Waals surface area contributed by atoms with Crippen molar-refractivity contribution in [3.8, 4) is 0 Å². The first-order chi connectivity index (χ1) is 8.79. The van der Waals surface area contributed by atoms with Crippen molar-refractivity contribution in [1.29, 1.82) is 0 Å². The van der Waals surface area contributed by atoms with Gasteiger partial charge in [0.1, 0.15) is 0 Å². The summed E-state index contributed by atoms with van der Waals surface area (Å²) in [6.45, 7) is 10.7. The molecule has 1 amide bonds. The molecular weight excluding hydrogens is 236 g/mol. The Hall–Kier alpha value is -1.35. The Bertz CT molecular complexity index is 434. The topological polar surface area (TPSA) is 55.1 Å². The highest BCUT2D eigenvalue weighted by Crippen LogP contribution is 2.18. The Morgan fingerprint density at radius 3 is 2.26 bits per heavy atom. The monoisotopic (exact) mass is 262 g/mol. The van der Waals surface area contributed by atoms with Crippen molar-refractivity contribution in [1.82, 2.24) is 5.32 Å². The van der Waals surface area contributed by atoms with E-state index in [1.54, 1.807) is 0 Å². The van der Waals surface area contributed by atoms with Crippen molar-refractivity contribution in [3.05, 3.63) is 34.9 Å². The molecule has 19 heavy (non-hydrogen) atoms. The Labute approximate surface area is 116 Å². The van der Waals surface area contributed by atoms with Gasteiger partial charge in [0, 0.05) is 17.6 Å². The van der Waals surface area contributed by atoms with Crippen LogP contribution in [-0.4, -0.2) is 18.0 Å². The van der Waals surface area contributed by atoms with Gasteiger partial charge in [-0.05, 0) is 44.2 Å². The lowest BCUT2D eigenvalue weighted by Crippen LogP contribution is -2.52. The number of nitrogens with two attached hydrogens (primary N) is 1. The zero-order valence-electron chi connectivity index (χ0n) is 12.7. The van der Waals surface area contributed by atoms with E-state index in [9.17, 15) is 4.79 Å². The minimum Gasteiger partial charge on any atom is -0.346 e. The molecule has 3 N–H and O–H groups in total. The summed E-state index contributed by atoms with van der Waals surface area (Å²) in [5, 5.41) is 3.11. The smallest absolute Gasteiger partial charge is 0.252 e. The second kappa shape index (κ2) is 6.20. The Balaban J connectivity index is 2.95. The summed E-state index contributed by atoms with van der Waals surface area (Å²) in [7, 11) is 0. The average Bonchev–Trinajstić information content (AvgIpc) is 2.27. The molecule has 1 aromatic rings. The summed E-state index contributed by atoms with van der Waals surface area (Å²) in [5.41, 5.74) is 8.27. The molecular formula is C16H26N2O. The van der Waals surface area contributed by atoms with Crippen LogP contribution >= 0.6 is 0 Å². The molecule has 0 radical (unpaired) electrons. The van der Waals surface area contributed by atoms with E-state index < -0.39 is 0 Å². The van der Waals surface area contributed by atoms with Gasteiger partial charge in [-0.25, -0.2) is 0 Å². The summed E-state index contributed by atoms with van der Waals surface area (Å²) < 4.78 is 0. The van der Waals surface area contributed by atoms with Crippen molar-refractivity contribution in [2.24, 2.45) is 11.7 Å². The summed E-state index contributed by atoms with van der Waals surface area (Å²) >= 11 is 0. The fourth-order valence-corrected chi connectivity index (χ4v) is 2.60. The lowest BCUT2D eigenvalue weighted by Gasteiger charge is -2.31. The summed E-state index contributed by atoms with van der Waals surface area (Å²) in [4.78, 5) is 12.5. The number of nitrogens with one attached hydrogen (secondary N) is 1. The fourth-order valence-electron chi connectivity index (χ4n) is 2.60. The molecule has 0 saturated heterocycles. The fraction of sp³-hybridized carbons (Fsp3) is 0.562. The third-order valence-electron chi connectivity index (χ3n) is 3.43. The van der Waals surface area contributed by atoms with Crippen LogP contribution in [0.25, 0.3) is 0 Å². The number of carbonyl (C=O) groups excluding carboxylic acids is 1. The van der Waals surface area contributed by atoms with Gasteiger partial charge in [-0.3, -0.25) is 4.79 Å². The zero-order chi connectivity index (χ0) is 14.6. The zero-order valence-corrected chi connectivity index (χ0v) is 12.7. The maximum absolute atomic E-state index is 12.5. The van der Waals surface area contributed by atoms with Crippen LogP contribution in [0.4, 0.5) is 0 Å². The molecule has 0 saturated carbocycles. The van der Waals surface area contributed by atoms with E-state index in [4.69, 9.17) is 5.73 Å². The average molecular weight is 262 g/mol. The largest absolute Gasteiger partial charge is 0.346 e. The van der Waals surface area contributed by atoms with Gasteiger partial charge in [0.25, 0.3) is 5.91 Å². The van der Waals surface area contributed by atoms with Crippen molar-refractivity contribution in [2.45, 2.75) is 46.6 Å². The Morgan fingerprint density at radius 2 is 1.84 bits per heavy atom. The maximum atomic E-state index is 12.5. The van der Waals surface area contributed by atoms with Crippen LogP contribution in [0.2, 0.25) is 0 Å². The minimum absolute atomic E-state index is 0.0239. The first-order valence-electron chi connectivity index (χ1n) is 6.88. The highest BCUT2D eigenvalue weighted by molar-refractivity contribution is 5.97. The highest BCUT2D eigenvalue weighted by atomic mass is 16.1. The first-order valence-corrected chi connectivity index (χ1v) is 6.88. The van der Waals surface area contributed by atoms with Gasteiger partial charge < -0.3 is 11.1 Å². The van der Waals surface area contributed by atoms with Crippen molar-refractivity contribution in [2.75, 3.05) is 6.54 Å². The molecule has 3 heteroatoms. The molecule has 0 bridgehead atoms. The molecule has 1 aromatic carbocycles. The predicted molar refractivity (Wildman–Crippen MR) is 80.3 cm³/mol. The van der Waals surface area contributed by atoms with E-state index in [1.807, 2.05) is 39.0 Å². The second-order valence-electron chi connectivity index (χ2n) is 6.08. The van der Waals surface area contributed by atoms with Crippen LogP contribution in [0.15, 0.2) is 18.2 Å². The molecule has 0 aliphatic heterocycles. The summed E-state index contributed by atoms with van der Waals surface area (Å²) in [6.07, 6.45) is 0.875. The molecule has 0 spiro atoms. The van der Waals surface area contributed by atoms with Crippen LogP contribution < -0.4 is 11.1 Å². The SMILES string of the molecule is Cc1cccc(C)c1C(=O)NC(C)(CN)CC(C)C. The van der Waals surface area contributed by atoms with Crippen LogP contribution in [0.3, 0.4) is 0 Å². The summed E-state index contributed by atoms with van der Waals surface area (Å²) in [5.74, 6) is 0.469. The third kappa shape index (κ3) is 4.06. The van der Waals surface area contributed by atoms with E-state index >= 15 is 0 Å². The number of aryl methyl sites for hydroxylation is 2. The number of hydrogen-bond acceptors (Lipinski definition) is 2. The molecule has 106 valence electrons. The quantitative estimate of drug-likeness (QED) is 0.857. The lowest BCUT2D eigenvalue weighted by molar-refractivity contribution is 0.0897. The van der Waals surface area contributed by atoms with E-state index in [2.05, 4.69) is 19.2 Å². The van der Waals surface area contributed by atoms with E-state index in [0.29, 0.717) is 12.5 Å². The number of benzene rings is 1. The molecule has 0 aliphatic rings. The third-order valence-corrected chi connectivity index (χ3v) is 3.43. The van der Waals surface area contributed by atoms with Gasteiger partial charge >= 0.3 is 0 Å². The van der Waals surface area contributed by atoms with Crippen LogP contribution in [0, 0.1) is 19.8 Å². The highest BCUT2D eigenvalue weighted by Gasteiger charge is 2.27. The first kappa shape index (κ1) is 15.7. The van der Waals surface area contributed by atoms with Gasteiger partial charge in [-0.2, -0.15) is 0 Å². The van der Waals surface area contributed by atoms with Crippen molar-refractivity contribution < 1.29 is 4.79 Å². The van der Waals surface area contributed by atoms with Crippen molar-refractivity contribution in [3.63, 3.8) is 0 Å². The van der Waals surface area contributed by atoms with Gasteiger partial charge in [-0.15, -0.1) is 0 Å². The number of hydrogen-bond donors (Lipinski definition) is 2. The van der Waals surface area contributed by atoms with Gasteiger partial charge in [-0.1, -0.05) is 32.0 Å². The molecule has 0 aromatic heterocycles. The minimum atomic E-state index is -0.347. The molecule has 0 fully saturated rings.